The highest BCUT2D eigenvalue weighted by molar-refractivity contribution is 6.30. The molecule has 2 amide bonds. The summed E-state index contributed by atoms with van der Waals surface area (Å²) in [6, 6.07) is 5.68. The Morgan fingerprint density at radius 1 is 1.38 bits per heavy atom. The van der Waals surface area contributed by atoms with Crippen LogP contribution in [0.5, 0.6) is 0 Å². The van der Waals surface area contributed by atoms with Crippen molar-refractivity contribution in [2.24, 2.45) is 5.73 Å². The average molecular weight is 311 g/mol. The highest BCUT2D eigenvalue weighted by atomic mass is 35.5. The van der Waals surface area contributed by atoms with E-state index in [1.165, 1.54) is 12.2 Å². The van der Waals surface area contributed by atoms with E-state index in [1.54, 1.807) is 24.3 Å². The van der Waals surface area contributed by atoms with Crippen molar-refractivity contribution >= 4 is 35.5 Å². The number of rotatable bonds is 7. The Kier molecular flexibility index (Phi) is 6.42. The summed E-state index contributed by atoms with van der Waals surface area (Å²) in [5.41, 5.74) is 5.66. The maximum Gasteiger partial charge on any atom is 0.326 e. The molecule has 0 aliphatic rings. The summed E-state index contributed by atoms with van der Waals surface area (Å²) < 4.78 is 0. The Balaban J connectivity index is 2.61. The average Bonchev–Trinajstić information content (AvgIpc) is 2.40. The first-order valence-electron chi connectivity index (χ1n) is 6.13. The van der Waals surface area contributed by atoms with Gasteiger partial charge in [-0.3, -0.25) is 9.59 Å². The Labute approximate surface area is 126 Å². The molecule has 112 valence electrons. The number of nitrogens with two attached hydrogens (primary N) is 1. The minimum atomic E-state index is -1.22. The molecule has 0 radical (unpaired) electrons. The van der Waals surface area contributed by atoms with Gasteiger partial charge in [0.15, 0.2) is 0 Å². The summed E-state index contributed by atoms with van der Waals surface area (Å²) in [6.07, 6.45) is 2.54. The van der Waals surface area contributed by atoms with Crippen LogP contribution in [0.3, 0.4) is 0 Å². The lowest BCUT2D eigenvalue weighted by Gasteiger charge is -2.11. The van der Waals surface area contributed by atoms with Crippen molar-refractivity contribution in [3.05, 3.63) is 40.9 Å². The summed E-state index contributed by atoms with van der Waals surface area (Å²) in [6.45, 7) is 0. The van der Waals surface area contributed by atoms with Gasteiger partial charge in [-0.1, -0.05) is 23.7 Å². The molecule has 0 aromatic heterocycles. The van der Waals surface area contributed by atoms with Crippen LogP contribution in [0.15, 0.2) is 30.3 Å². The Morgan fingerprint density at radius 2 is 2.10 bits per heavy atom. The van der Waals surface area contributed by atoms with Crippen LogP contribution >= 0.6 is 11.6 Å². The molecule has 1 rings (SSSR count). The first kappa shape index (κ1) is 16.7. The SMILES string of the molecule is NC(=O)CC[C@H](NC(=O)/C=C/c1cccc(Cl)c1)C(=O)O. The van der Waals surface area contributed by atoms with Gasteiger partial charge in [-0.15, -0.1) is 0 Å². The van der Waals surface area contributed by atoms with Crippen molar-refractivity contribution in [3.8, 4) is 0 Å². The zero-order chi connectivity index (χ0) is 15.8. The highest BCUT2D eigenvalue weighted by Gasteiger charge is 2.19. The number of hydrogen-bond donors (Lipinski definition) is 3. The fourth-order valence-corrected chi connectivity index (χ4v) is 1.74. The molecule has 0 heterocycles. The molecule has 1 aromatic rings. The number of carbonyl (C=O) groups is 3. The first-order valence-corrected chi connectivity index (χ1v) is 6.51. The Morgan fingerprint density at radius 3 is 2.67 bits per heavy atom. The number of nitrogens with one attached hydrogen (secondary N) is 1. The summed E-state index contributed by atoms with van der Waals surface area (Å²) >= 11 is 5.80. The van der Waals surface area contributed by atoms with E-state index in [2.05, 4.69) is 5.32 Å². The number of carbonyl (C=O) groups excluding carboxylic acids is 2. The number of primary amides is 1. The van der Waals surface area contributed by atoms with Gasteiger partial charge in [0, 0.05) is 17.5 Å². The summed E-state index contributed by atoms with van der Waals surface area (Å²) in [4.78, 5) is 33.3. The van der Waals surface area contributed by atoms with Gasteiger partial charge in [0.05, 0.1) is 0 Å². The van der Waals surface area contributed by atoms with E-state index in [9.17, 15) is 14.4 Å². The smallest absolute Gasteiger partial charge is 0.326 e. The van der Waals surface area contributed by atoms with Crippen LogP contribution in [0, 0.1) is 0 Å². The van der Waals surface area contributed by atoms with Gasteiger partial charge in [0.2, 0.25) is 11.8 Å². The lowest BCUT2D eigenvalue weighted by Crippen LogP contribution is -2.40. The van der Waals surface area contributed by atoms with E-state index in [4.69, 9.17) is 22.4 Å². The van der Waals surface area contributed by atoms with E-state index < -0.39 is 23.8 Å². The molecule has 0 fully saturated rings. The zero-order valence-corrected chi connectivity index (χ0v) is 11.8. The molecule has 0 aliphatic heterocycles. The minimum absolute atomic E-state index is 0.0542. The molecule has 1 aromatic carbocycles. The maximum atomic E-state index is 11.7. The molecule has 0 saturated heterocycles. The molecule has 4 N–H and O–H groups in total. The van der Waals surface area contributed by atoms with Gasteiger partial charge in [0.1, 0.15) is 6.04 Å². The van der Waals surface area contributed by atoms with Gasteiger partial charge in [-0.25, -0.2) is 4.79 Å². The molecule has 0 aliphatic carbocycles. The quantitative estimate of drug-likeness (QED) is 0.657. The molecule has 0 bridgehead atoms. The number of amides is 2. The van der Waals surface area contributed by atoms with Crippen molar-refractivity contribution in [3.63, 3.8) is 0 Å². The topological polar surface area (TPSA) is 109 Å². The summed E-state index contributed by atoms with van der Waals surface area (Å²) in [5, 5.41) is 11.8. The second kappa shape index (κ2) is 8.06. The van der Waals surface area contributed by atoms with E-state index in [0.717, 1.165) is 0 Å². The summed E-state index contributed by atoms with van der Waals surface area (Å²) in [7, 11) is 0. The van der Waals surface area contributed by atoms with Crippen molar-refractivity contribution in [2.75, 3.05) is 0 Å². The monoisotopic (exact) mass is 310 g/mol. The number of benzene rings is 1. The van der Waals surface area contributed by atoms with Crippen LogP contribution in [0.2, 0.25) is 5.02 Å². The van der Waals surface area contributed by atoms with Crippen molar-refractivity contribution < 1.29 is 19.5 Å². The van der Waals surface area contributed by atoms with Crippen LogP contribution in [-0.2, 0) is 14.4 Å². The number of halogens is 1. The molecule has 6 nitrogen and oxygen atoms in total. The normalized spacial score (nSPS) is 12.0. The minimum Gasteiger partial charge on any atom is -0.480 e. The molecule has 0 spiro atoms. The van der Waals surface area contributed by atoms with E-state index in [-0.39, 0.29) is 12.8 Å². The molecule has 0 unspecified atom stereocenters. The third-order valence-electron chi connectivity index (χ3n) is 2.57. The number of carboxylic acids is 1. The summed E-state index contributed by atoms with van der Waals surface area (Å²) in [5.74, 6) is -2.42. The second-order valence-corrected chi connectivity index (χ2v) is 4.73. The second-order valence-electron chi connectivity index (χ2n) is 4.29. The molecular weight excluding hydrogens is 296 g/mol. The van der Waals surface area contributed by atoms with E-state index in [0.29, 0.717) is 10.6 Å². The van der Waals surface area contributed by atoms with E-state index >= 15 is 0 Å². The number of aliphatic carboxylic acids is 1. The fraction of sp³-hybridized carbons (Fsp3) is 0.214. The highest BCUT2D eigenvalue weighted by Crippen LogP contribution is 2.11. The molecule has 0 saturated carbocycles. The van der Waals surface area contributed by atoms with Crippen LogP contribution in [0.1, 0.15) is 18.4 Å². The predicted octanol–water partition coefficient (Wildman–Crippen LogP) is 1.19. The van der Waals surface area contributed by atoms with Crippen LogP contribution in [-0.4, -0.2) is 28.9 Å². The third-order valence-corrected chi connectivity index (χ3v) is 2.80. The number of hydrogen-bond acceptors (Lipinski definition) is 3. The lowest BCUT2D eigenvalue weighted by atomic mass is 10.1. The van der Waals surface area contributed by atoms with Gasteiger partial charge in [-0.2, -0.15) is 0 Å². The van der Waals surface area contributed by atoms with Crippen LogP contribution < -0.4 is 11.1 Å². The Bertz CT molecular complexity index is 572. The van der Waals surface area contributed by atoms with Gasteiger partial charge < -0.3 is 16.2 Å². The van der Waals surface area contributed by atoms with Crippen molar-refractivity contribution in [1.29, 1.82) is 0 Å². The fourth-order valence-electron chi connectivity index (χ4n) is 1.55. The van der Waals surface area contributed by atoms with Crippen LogP contribution in [0.4, 0.5) is 0 Å². The van der Waals surface area contributed by atoms with Gasteiger partial charge in [-0.05, 0) is 30.2 Å². The largest absolute Gasteiger partial charge is 0.480 e. The lowest BCUT2D eigenvalue weighted by molar-refractivity contribution is -0.141. The third kappa shape index (κ3) is 6.58. The van der Waals surface area contributed by atoms with E-state index in [1.807, 2.05) is 0 Å². The predicted molar refractivity (Wildman–Crippen MR) is 78.5 cm³/mol. The van der Waals surface area contributed by atoms with Gasteiger partial charge in [0.25, 0.3) is 0 Å². The molecular formula is C14H15ClN2O4. The number of carboxylic acid groups (broad SMARTS) is 1. The molecule has 1 atom stereocenters. The van der Waals surface area contributed by atoms with Gasteiger partial charge >= 0.3 is 5.97 Å². The maximum absolute atomic E-state index is 11.7. The zero-order valence-electron chi connectivity index (χ0n) is 11.1. The van der Waals surface area contributed by atoms with Crippen molar-refractivity contribution in [2.45, 2.75) is 18.9 Å². The van der Waals surface area contributed by atoms with Crippen molar-refractivity contribution in [1.82, 2.24) is 5.32 Å². The molecule has 7 heteroatoms. The standard InChI is InChI=1S/C14H15ClN2O4/c15-10-3-1-2-9(8-10)4-7-13(19)17-11(14(20)21)5-6-12(16)18/h1-4,7-8,11H,5-6H2,(H2,16,18)(H,17,19)(H,20,21)/b7-4+/t11-/m0/s1. The molecule has 21 heavy (non-hydrogen) atoms. The first-order chi connectivity index (χ1) is 9.88. The Hall–Kier alpha value is -2.34. The van der Waals surface area contributed by atoms with Crippen LogP contribution in [0.25, 0.3) is 6.08 Å².